The van der Waals surface area contributed by atoms with Gasteiger partial charge in [-0.05, 0) is 31.6 Å². The molecule has 1 spiro atoms. The van der Waals surface area contributed by atoms with Gasteiger partial charge in [-0.2, -0.15) is 0 Å². The van der Waals surface area contributed by atoms with Crippen molar-refractivity contribution < 1.29 is 14.6 Å². The second kappa shape index (κ2) is 3.17. The van der Waals surface area contributed by atoms with Gasteiger partial charge >= 0.3 is 0 Å². The molecular weight excluding hydrogens is 182 g/mol. The number of nitrogens with one attached hydrogen (secondary N) is 1. The van der Waals surface area contributed by atoms with Crippen molar-refractivity contribution in [3.8, 4) is 0 Å². The van der Waals surface area contributed by atoms with Gasteiger partial charge in [0.1, 0.15) is 0 Å². The van der Waals surface area contributed by atoms with Crippen molar-refractivity contribution in [3.05, 3.63) is 0 Å². The molecule has 1 saturated carbocycles. The van der Waals surface area contributed by atoms with Gasteiger partial charge in [-0.25, -0.2) is 0 Å². The van der Waals surface area contributed by atoms with Crippen LogP contribution < -0.4 is 5.32 Å². The number of rotatable bonds is 1. The smallest absolute Gasteiger partial charge is 0.200 e. The molecule has 2 aliphatic heterocycles. The van der Waals surface area contributed by atoms with E-state index in [0.717, 1.165) is 32.2 Å². The number of morpholine rings is 1. The van der Waals surface area contributed by atoms with Gasteiger partial charge in [0.2, 0.25) is 0 Å². The van der Waals surface area contributed by atoms with Gasteiger partial charge in [0.05, 0.1) is 5.60 Å². The zero-order valence-corrected chi connectivity index (χ0v) is 8.24. The van der Waals surface area contributed by atoms with Crippen LogP contribution in [0.4, 0.5) is 0 Å². The van der Waals surface area contributed by atoms with Crippen molar-refractivity contribution >= 4 is 0 Å². The Hall–Kier alpha value is -0.160. The summed E-state index contributed by atoms with van der Waals surface area (Å²) >= 11 is 0. The number of epoxide rings is 1. The van der Waals surface area contributed by atoms with E-state index in [9.17, 15) is 0 Å². The van der Waals surface area contributed by atoms with Crippen molar-refractivity contribution in [2.45, 2.75) is 43.8 Å². The molecule has 4 heteroatoms. The highest BCUT2D eigenvalue weighted by atomic mass is 16.8. The number of hydrogen-bond donors (Lipinski definition) is 2. The summed E-state index contributed by atoms with van der Waals surface area (Å²) < 4.78 is 11.2. The maximum atomic E-state index is 9.06. The van der Waals surface area contributed by atoms with Crippen molar-refractivity contribution in [2.24, 2.45) is 5.92 Å². The fourth-order valence-electron chi connectivity index (χ4n) is 2.59. The van der Waals surface area contributed by atoms with Gasteiger partial charge < -0.3 is 14.6 Å². The molecule has 2 N–H and O–H groups in total. The number of aliphatic hydroxyl groups excluding tert-OH is 1. The Morgan fingerprint density at radius 2 is 2.14 bits per heavy atom. The van der Waals surface area contributed by atoms with Crippen LogP contribution in [0.1, 0.15) is 25.7 Å². The van der Waals surface area contributed by atoms with Crippen LogP contribution in [-0.4, -0.2) is 36.4 Å². The maximum absolute atomic E-state index is 9.06. The second-order valence-corrected chi connectivity index (χ2v) is 4.73. The van der Waals surface area contributed by atoms with Crippen LogP contribution in [0, 0.1) is 5.92 Å². The van der Waals surface area contributed by atoms with Crippen molar-refractivity contribution in [1.29, 1.82) is 0 Å². The standard InChI is InChI=1S/C10H17NO3/c12-5-7-1-3-10(4-2-7)6-11-8-9(13-8)14-10/h7-9,11-12H,1-6H2. The largest absolute Gasteiger partial charge is 0.396 e. The first-order valence-corrected chi connectivity index (χ1v) is 5.49. The normalized spacial score (nSPS) is 51.6. The molecule has 0 aromatic heterocycles. The van der Waals surface area contributed by atoms with E-state index in [1.54, 1.807) is 0 Å². The molecule has 2 saturated heterocycles. The molecule has 0 radical (unpaired) electrons. The zero-order valence-electron chi connectivity index (χ0n) is 8.24. The van der Waals surface area contributed by atoms with Crippen LogP contribution >= 0.6 is 0 Å². The van der Waals surface area contributed by atoms with Crippen LogP contribution in [0.2, 0.25) is 0 Å². The highest BCUT2D eigenvalue weighted by molar-refractivity contribution is 4.96. The van der Waals surface area contributed by atoms with Gasteiger partial charge in [0.15, 0.2) is 12.5 Å². The average molecular weight is 199 g/mol. The molecule has 0 aromatic carbocycles. The lowest BCUT2D eigenvalue weighted by Crippen LogP contribution is -2.51. The lowest BCUT2D eigenvalue weighted by molar-refractivity contribution is -0.123. The molecule has 1 aliphatic carbocycles. The molecule has 0 aromatic rings. The van der Waals surface area contributed by atoms with Crippen LogP contribution in [0.25, 0.3) is 0 Å². The van der Waals surface area contributed by atoms with E-state index in [1.807, 2.05) is 0 Å². The fourth-order valence-corrected chi connectivity index (χ4v) is 2.59. The number of hydrogen-bond acceptors (Lipinski definition) is 4. The van der Waals surface area contributed by atoms with Crippen LogP contribution in [0.3, 0.4) is 0 Å². The zero-order chi connectivity index (χ0) is 9.60. The minimum atomic E-state index is 0.00331. The summed E-state index contributed by atoms with van der Waals surface area (Å²) in [5, 5.41) is 12.4. The van der Waals surface area contributed by atoms with E-state index in [4.69, 9.17) is 14.6 Å². The monoisotopic (exact) mass is 199 g/mol. The summed E-state index contributed by atoms with van der Waals surface area (Å²) in [7, 11) is 0. The molecule has 0 bridgehead atoms. The van der Waals surface area contributed by atoms with E-state index in [0.29, 0.717) is 12.5 Å². The second-order valence-electron chi connectivity index (χ2n) is 4.73. The third-order valence-electron chi connectivity index (χ3n) is 3.72. The lowest BCUT2D eigenvalue weighted by Gasteiger charge is -2.41. The van der Waals surface area contributed by atoms with Gasteiger partial charge in [0.25, 0.3) is 0 Å². The Labute approximate surface area is 83.6 Å². The number of aliphatic hydroxyl groups is 1. The fraction of sp³-hybridized carbons (Fsp3) is 1.00. The van der Waals surface area contributed by atoms with Gasteiger partial charge in [-0.15, -0.1) is 0 Å². The number of ether oxygens (including phenoxy) is 2. The first-order chi connectivity index (χ1) is 6.81. The first-order valence-electron chi connectivity index (χ1n) is 5.49. The Morgan fingerprint density at radius 3 is 2.79 bits per heavy atom. The maximum Gasteiger partial charge on any atom is 0.200 e. The molecule has 3 aliphatic rings. The first kappa shape index (κ1) is 9.09. The van der Waals surface area contributed by atoms with Gasteiger partial charge in [0, 0.05) is 13.2 Å². The summed E-state index contributed by atoms with van der Waals surface area (Å²) in [6.07, 6.45) is 4.44. The summed E-state index contributed by atoms with van der Waals surface area (Å²) in [6.45, 7) is 1.23. The molecule has 3 rings (SSSR count). The van der Waals surface area contributed by atoms with Crippen LogP contribution in [-0.2, 0) is 9.47 Å². The van der Waals surface area contributed by atoms with Crippen molar-refractivity contribution in [3.63, 3.8) is 0 Å². The Bertz CT molecular complexity index is 225. The summed E-state index contributed by atoms with van der Waals surface area (Å²) in [6, 6.07) is 0. The molecule has 3 fully saturated rings. The summed E-state index contributed by atoms with van der Waals surface area (Å²) in [5.74, 6) is 0.488. The SMILES string of the molecule is OCC1CCC2(CC1)CNC1OC1O2. The molecule has 2 unspecified atom stereocenters. The van der Waals surface area contributed by atoms with E-state index >= 15 is 0 Å². The minimum absolute atomic E-state index is 0.00331. The van der Waals surface area contributed by atoms with Crippen LogP contribution in [0.15, 0.2) is 0 Å². The third-order valence-corrected chi connectivity index (χ3v) is 3.72. The molecule has 2 atom stereocenters. The molecule has 0 amide bonds. The quantitative estimate of drug-likeness (QED) is 0.593. The summed E-state index contributed by atoms with van der Waals surface area (Å²) in [4.78, 5) is 0. The topological polar surface area (TPSA) is 54.0 Å². The third kappa shape index (κ3) is 1.46. The van der Waals surface area contributed by atoms with E-state index in [1.165, 1.54) is 0 Å². The molecule has 2 heterocycles. The predicted octanol–water partition coefficient (Wildman–Crippen LogP) is 0.210. The Morgan fingerprint density at radius 1 is 1.36 bits per heavy atom. The molecule has 4 nitrogen and oxygen atoms in total. The summed E-state index contributed by atoms with van der Waals surface area (Å²) in [5.41, 5.74) is 0.00331. The molecule has 14 heavy (non-hydrogen) atoms. The Balaban J connectivity index is 1.61. The van der Waals surface area contributed by atoms with Crippen molar-refractivity contribution in [2.75, 3.05) is 13.2 Å². The van der Waals surface area contributed by atoms with E-state index in [-0.39, 0.29) is 18.1 Å². The van der Waals surface area contributed by atoms with Gasteiger partial charge in [-0.3, -0.25) is 5.32 Å². The lowest BCUT2D eigenvalue weighted by atomic mass is 9.78. The minimum Gasteiger partial charge on any atom is -0.396 e. The average Bonchev–Trinajstić information content (AvgIpc) is 2.97. The van der Waals surface area contributed by atoms with Crippen molar-refractivity contribution in [1.82, 2.24) is 5.32 Å². The molecular formula is C10H17NO3. The predicted molar refractivity (Wildman–Crippen MR) is 49.5 cm³/mol. The van der Waals surface area contributed by atoms with Gasteiger partial charge in [-0.1, -0.05) is 0 Å². The highest BCUT2D eigenvalue weighted by Gasteiger charge is 2.52. The van der Waals surface area contributed by atoms with Crippen LogP contribution in [0.5, 0.6) is 0 Å². The molecule has 80 valence electrons. The highest BCUT2D eigenvalue weighted by Crippen LogP contribution is 2.41. The van der Waals surface area contributed by atoms with E-state index < -0.39 is 0 Å². The number of fused-ring (bicyclic) bond motifs is 1. The van der Waals surface area contributed by atoms with E-state index in [2.05, 4.69) is 5.32 Å². The Kier molecular flexibility index (Phi) is 2.06.